The summed E-state index contributed by atoms with van der Waals surface area (Å²) in [5.41, 5.74) is 10.3. The van der Waals surface area contributed by atoms with E-state index < -0.39 is 0 Å². The van der Waals surface area contributed by atoms with E-state index in [9.17, 15) is 0 Å². The molecule has 0 aromatic carbocycles. The van der Waals surface area contributed by atoms with Gasteiger partial charge in [0.1, 0.15) is 6.07 Å². The second kappa shape index (κ2) is 2.49. The lowest BCUT2D eigenvalue weighted by atomic mass is 10.1. The van der Waals surface area contributed by atoms with E-state index in [4.69, 9.17) is 10.8 Å². The Morgan fingerprint density at radius 3 is 2.55 bits per heavy atom. The van der Waals surface area contributed by atoms with E-state index in [0.29, 0.717) is 5.57 Å². The molecule has 11 heavy (non-hydrogen) atoms. The van der Waals surface area contributed by atoms with Gasteiger partial charge < -0.3 is 10.3 Å². The molecule has 0 saturated heterocycles. The standard InChI is InChI=1S/C7H6N4/c1-4-5(2)10-7(11-9)6(4)3-8/h1-2H3. The molecule has 0 spiro atoms. The minimum absolute atomic E-state index is 0.113. The lowest BCUT2D eigenvalue weighted by molar-refractivity contribution is -0.00519. The van der Waals surface area contributed by atoms with Crippen LogP contribution >= 0.6 is 0 Å². The van der Waals surface area contributed by atoms with Gasteiger partial charge in [-0.15, -0.1) is 0 Å². The van der Waals surface area contributed by atoms with Crippen LogP contribution in [0.4, 0.5) is 0 Å². The van der Waals surface area contributed by atoms with Gasteiger partial charge in [-0.1, -0.05) is 0 Å². The van der Waals surface area contributed by atoms with E-state index in [1.807, 2.05) is 6.07 Å². The summed E-state index contributed by atoms with van der Waals surface area (Å²) in [6.07, 6.45) is 0. The van der Waals surface area contributed by atoms with E-state index in [1.165, 1.54) is 0 Å². The third kappa shape index (κ3) is 0.977. The topological polar surface area (TPSA) is 72.6 Å². The zero-order chi connectivity index (χ0) is 8.43. The van der Waals surface area contributed by atoms with Crippen LogP contribution in [0.25, 0.3) is 5.53 Å². The molecule has 0 aromatic heterocycles. The van der Waals surface area contributed by atoms with Crippen molar-refractivity contribution < 1.29 is 4.79 Å². The minimum atomic E-state index is 0.113. The number of amidine groups is 1. The molecule has 0 bridgehead atoms. The smallest absolute Gasteiger partial charge is 0.419 e. The Morgan fingerprint density at radius 2 is 2.18 bits per heavy atom. The van der Waals surface area contributed by atoms with Gasteiger partial charge in [0.2, 0.25) is 0 Å². The molecular formula is C7H6N4. The van der Waals surface area contributed by atoms with Gasteiger partial charge in [0, 0.05) is 12.5 Å². The van der Waals surface area contributed by atoms with Gasteiger partial charge >= 0.3 is 5.84 Å². The van der Waals surface area contributed by atoms with Crippen LogP contribution in [0, 0.1) is 11.3 Å². The second-order valence-electron chi connectivity index (χ2n) is 2.23. The number of hydrogen-bond donors (Lipinski definition) is 0. The fraction of sp³-hybridized carbons (Fsp3) is 0.286. The average molecular weight is 146 g/mol. The SMILES string of the molecule is CC1=NC(=[N+]=[N-])C(C#N)=C1C. The van der Waals surface area contributed by atoms with Crippen LogP contribution in [-0.2, 0) is 0 Å². The van der Waals surface area contributed by atoms with Gasteiger partial charge in [0.25, 0.3) is 0 Å². The van der Waals surface area contributed by atoms with Crippen LogP contribution in [0.3, 0.4) is 0 Å². The third-order valence-corrected chi connectivity index (χ3v) is 1.62. The molecule has 0 unspecified atom stereocenters. The van der Waals surface area contributed by atoms with Crippen LogP contribution in [0.2, 0.25) is 0 Å². The number of rotatable bonds is 0. The van der Waals surface area contributed by atoms with Crippen molar-refractivity contribution in [2.75, 3.05) is 0 Å². The molecule has 0 radical (unpaired) electrons. The molecule has 0 atom stereocenters. The predicted molar refractivity (Wildman–Crippen MR) is 40.0 cm³/mol. The van der Waals surface area contributed by atoms with Crippen LogP contribution in [0.1, 0.15) is 13.8 Å². The van der Waals surface area contributed by atoms with E-state index >= 15 is 0 Å². The summed E-state index contributed by atoms with van der Waals surface area (Å²) < 4.78 is 0. The lowest BCUT2D eigenvalue weighted by Gasteiger charge is -1.82. The first-order valence-corrected chi connectivity index (χ1v) is 3.09. The summed E-state index contributed by atoms with van der Waals surface area (Å²) in [4.78, 5) is 6.75. The highest BCUT2D eigenvalue weighted by atomic mass is 15.0. The Kier molecular flexibility index (Phi) is 1.67. The molecule has 0 aromatic rings. The molecule has 1 rings (SSSR count). The molecule has 4 nitrogen and oxygen atoms in total. The predicted octanol–water partition coefficient (Wildman–Crippen LogP) is 0.929. The number of nitrogens with zero attached hydrogens (tertiary/aromatic N) is 4. The van der Waals surface area contributed by atoms with Crippen molar-refractivity contribution >= 4 is 11.5 Å². The summed E-state index contributed by atoms with van der Waals surface area (Å²) in [5, 5.41) is 8.58. The normalized spacial score (nSPS) is 16.1. The molecule has 4 heteroatoms. The third-order valence-electron chi connectivity index (χ3n) is 1.62. The summed E-state index contributed by atoms with van der Waals surface area (Å²) in [7, 11) is 0. The average Bonchev–Trinajstić information content (AvgIpc) is 2.28. The van der Waals surface area contributed by atoms with Crippen LogP contribution < -0.4 is 0 Å². The van der Waals surface area contributed by atoms with Crippen molar-refractivity contribution in [3.8, 4) is 6.07 Å². The highest BCUT2D eigenvalue weighted by Crippen LogP contribution is 2.14. The summed E-state index contributed by atoms with van der Waals surface area (Å²) >= 11 is 0. The Bertz CT molecular complexity index is 347. The molecule has 1 heterocycles. The quantitative estimate of drug-likeness (QED) is 0.370. The summed E-state index contributed by atoms with van der Waals surface area (Å²) in [6, 6.07) is 1.92. The van der Waals surface area contributed by atoms with Gasteiger partial charge in [-0.25, -0.2) is 0 Å². The van der Waals surface area contributed by atoms with Crippen molar-refractivity contribution in [1.29, 1.82) is 5.26 Å². The number of nitriles is 1. The van der Waals surface area contributed by atoms with Gasteiger partial charge in [0.05, 0.1) is 0 Å². The summed E-state index contributed by atoms with van der Waals surface area (Å²) in [5.74, 6) is 0.113. The van der Waals surface area contributed by atoms with E-state index in [1.54, 1.807) is 13.8 Å². The highest BCUT2D eigenvalue weighted by molar-refractivity contribution is 6.20. The van der Waals surface area contributed by atoms with Crippen molar-refractivity contribution in [3.05, 3.63) is 16.7 Å². The number of aliphatic imine (C=N–C) groups is 1. The van der Waals surface area contributed by atoms with Crippen molar-refractivity contribution in [2.24, 2.45) is 4.99 Å². The maximum Gasteiger partial charge on any atom is 0.419 e. The maximum absolute atomic E-state index is 8.58. The number of allylic oxidation sites excluding steroid dienone is 1. The molecule has 0 saturated carbocycles. The molecule has 0 amide bonds. The molecule has 0 N–H and O–H groups in total. The number of hydrogen-bond acceptors (Lipinski definition) is 1. The first-order valence-electron chi connectivity index (χ1n) is 3.09. The molecule has 0 aliphatic carbocycles. The second-order valence-corrected chi connectivity index (χ2v) is 2.23. The molecule has 54 valence electrons. The van der Waals surface area contributed by atoms with E-state index in [2.05, 4.69) is 9.78 Å². The lowest BCUT2D eigenvalue weighted by Crippen LogP contribution is -1.94. The van der Waals surface area contributed by atoms with Gasteiger partial charge in [-0.3, -0.25) is 0 Å². The van der Waals surface area contributed by atoms with Gasteiger partial charge in [-0.05, 0) is 11.9 Å². The highest BCUT2D eigenvalue weighted by Gasteiger charge is 2.27. The molecule has 1 aliphatic rings. The Labute approximate surface area is 64.1 Å². The first kappa shape index (κ1) is 7.39. The Balaban J connectivity index is 3.34. The molecule has 0 fully saturated rings. The van der Waals surface area contributed by atoms with Crippen molar-refractivity contribution in [2.45, 2.75) is 13.8 Å². The van der Waals surface area contributed by atoms with Gasteiger partial charge in [0.15, 0.2) is 11.3 Å². The van der Waals surface area contributed by atoms with E-state index in [-0.39, 0.29) is 5.84 Å². The zero-order valence-corrected chi connectivity index (χ0v) is 6.29. The fourth-order valence-electron chi connectivity index (χ4n) is 0.853. The zero-order valence-electron chi connectivity index (χ0n) is 6.29. The van der Waals surface area contributed by atoms with Crippen LogP contribution in [0.5, 0.6) is 0 Å². The minimum Gasteiger partial charge on any atom is -0.497 e. The fourth-order valence-corrected chi connectivity index (χ4v) is 0.853. The first-order chi connectivity index (χ1) is 5.20. The largest absolute Gasteiger partial charge is 0.497 e. The maximum atomic E-state index is 8.58. The van der Waals surface area contributed by atoms with Gasteiger partial charge in [-0.2, -0.15) is 5.26 Å². The van der Waals surface area contributed by atoms with E-state index in [0.717, 1.165) is 11.3 Å². The monoisotopic (exact) mass is 146 g/mol. The summed E-state index contributed by atoms with van der Waals surface area (Å²) in [6.45, 7) is 3.54. The Hall–Kier alpha value is -1.72. The van der Waals surface area contributed by atoms with Crippen LogP contribution in [-0.4, -0.2) is 16.3 Å². The molecule has 1 aliphatic heterocycles. The van der Waals surface area contributed by atoms with Crippen molar-refractivity contribution in [1.82, 2.24) is 0 Å². The Morgan fingerprint density at radius 1 is 1.55 bits per heavy atom. The molecular weight excluding hydrogens is 140 g/mol. The van der Waals surface area contributed by atoms with Crippen LogP contribution in [0.15, 0.2) is 16.1 Å². The van der Waals surface area contributed by atoms with Crippen molar-refractivity contribution in [3.63, 3.8) is 0 Å².